The number of carbonyl (C=O) groups is 1. The van der Waals surface area contributed by atoms with E-state index in [9.17, 15) is 13.6 Å². The average Bonchev–Trinajstić information content (AvgIpc) is 2.79. The van der Waals surface area contributed by atoms with Crippen LogP contribution in [-0.4, -0.2) is 41.5 Å². The Hall–Kier alpha value is -2.59. The van der Waals surface area contributed by atoms with Crippen molar-refractivity contribution in [1.29, 1.82) is 0 Å². The molecule has 6 nitrogen and oxygen atoms in total. The molecule has 0 radical (unpaired) electrons. The number of hydrogen-bond acceptors (Lipinski definition) is 7. The number of ketones is 1. The average molecular weight is 480 g/mol. The molecular formula is C23H24F3N3O3S. The lowest BCUT2D eigenvalue weighted by Gasteiger charge is -2.46. The van der Waals surface area contributed by atoms with Crippen LogP contribution in [0.2, 0.25) is 0 Å². The van der Waals surface area contributed by atoms with E-state index in [1.165, 1.54) is 30.0 Å². The van der Waals surface area contributed by atoms with E-state index in [2.05, 4.69) is 9.72 Å². The van der Waals surface area contributed by atoms with Crippen LogP contribution in [0, 0.1) is 11.7 Å². The summed E-state index contributed by atoms with van der Waals surface area (Å²) in [7, 11) is 1.68. The summed E-state index contributed by atoms with van der Waals surface area (Å²) in [4.78, 5) is 21.4. The second-order valence-electron chi connectivity index (χ2n) is 8.19. The molecule has 1 aliphatic carbocycles. The molecule has 2 aliphatic rings. The number of halogens is 3. The van der Waals surface area contributed by atoms with E-state index in [1.807, 2.05) is 0 Å². The van der Waals surface area contributed by atoms with Gasteiger partial charge in [0.1, 0.15) is 17.3 Å². The molecule has 176 valence electrons. The number of pyridine rings is 1. The maximum Gasteiger partial charge on any atom is 0.387 e. The molecule has 3 atom stereocenters. The smallest absolute Gasteiger partial charge is 0.387 e. The molecule has 33 heavy (non-hydrogen) atoms. The van der Waals surface area contributed by atoms with Gasteiger partial charge in [-0.1, -0.05) is 17.8 Å². The Bertz CT molecular complexity index is 1050. The zero-order chi connectivity index (χ0) is 23.6. The number of thioether (sulfide) groups is 1. The zero-order valence-electron chi connectivity index (χ0n) is 18.0. The largest absolute Gasteiger partial charge is 0.433 e. The predicted molar refractivity (Wildman–Crippen MR) is 119 cm³/mol. The number of ether oxygens (including phenoxy) is 2. The number of nitrogens with two attached hydrogens (primary N) is 1. The Kier molecular flexibility index (Phi) is 6.94. The number of alkyl halides is 2. The number of aliphatic imine (C=N–C) groups is 1. The molecule has 0 spiro atoms. The van der Waals surface area contributed by atoms with Crippen LogP contribution in [0.3, 0.4) is 0 Å². The summed E-state index contributed by atoms with van der Waals surface area (Å²) in [5, 5.41) is 0.429. The van der Waals surface area contributed by atoms with Gasteiger partial charge in [-0.15, -0.1) is 0 Å². The van der Waals surface area contributed by atoms with Crippen molar-refractivity contribution < 1.29 is 27.4 Å². The lowest BCUT2D eigenvalue weighted by molar-refractivity contribution is -0.0500. The van der Waals surface area contributed by atoms with Crippen molar-refractivity contribution in [2.45, 2.75) is 43.9 Å². The molecule has 0 saturated heterocycles. The topological polar surface area (TPSA) is 86.8 Å². The molecule has 1 aromatic heterocycles. The summed E-state index contributed by atoms with van der Waals surface area (Å²) in [5.74, 6) is -0.0712. The normalized spacial score (nSPS) is 24.8. The second-order valence-corrected chi connectivity index (χ2v) is 9.23. The van der Waals surface area contributed by atoms with Crippen molar-refractivity contribution in [3.63, 3.8) is 0 Å². The molecule has 0 amide bonds. The van der Waals surface area contributed by atoms with Crippen LogP contribution in [0.25, 0.3) is 0 Å². The highest BCUT2D eigenvalue weighted by molar-refractivity contribution is 8.13. The van der Waals surface area contributed by atoms with Crippen molar-refractivity contribution in [3.8, 4) is 5.75 Å². The number of carbonyl (C=O) groups excluding carboxylic acids is 1. The number of rotatable bonds is 7. The van der Waals surface area contributed by atoms with Crippen molar-refractivity contribution >= 4 is 22.7 Å². The number of hydrogen-bond donors (Lipinski definition) is 1. The molecule has 2 heterocycles. The van der Waals surface area contributed by atoms with Crippen LogP contribution in [0.1, 0.15) is 40.9 Å². The van der Waals surface area contributed by atoms with E-state index in [4.69, 9.17) is 15.5 Å². The first kappa shape index (κ1) is 23.6. The van der Waals surface area contributed by atoms with Crippen LogP contribution < -0.4 is 10.5 Å². The van der Waals surface area contributed by atoms with Crippen molar-refractivity contribution in [3.05, 3.63) is 59.2 Å². The summed E-state index contributed by atoms with van der Waals surface area (Å²) in [5.41, 5.74) is 6.42. The zero-order valence-corrected chi connectivity index (χ0v) is 18.8. The second kappa shape index (κ2) is 9.72. The number of aromatic nitrogens is 1. The number of benzene rings is 1. The van der Waals surface area contributed by atoms with Crippen LogP contribution in [0.4, 0.5) is 13.2 Å². The van der Waals surface area contributed by atoms with Gasteiger partial charge in [-0.25, -0.2) is 9.37 Å². The Labute approximate surface area is 193 Å². The quantitative estimate of drug-likeness (QED) is 0.596. The third-order valence-corrected chi connectivity index (χ3v) is 7.21. The number of fused-ring (bicyclic) bond motifs is 1. The van der Waals surface area contributed by atoms with E-state index in [0.717, 1.165) is 24.8 Å². The molecule has 4 rings (SSSR count). The van der Waals surface area contributed by atoms with Gasteiger partial charge in [0, 0.05) is 30.8 Å². The van der Waals surface area contributed by atoms with E-state index in [0.29, 0.717) is 22.7 Å². The van der Waals surface area contributed by atoms with Crippen molar-refractivity contribution in [2.24, 2.45) is 16.6 Å². The number of methoxy groups -OCH3 is 1. The van der Waals surface area contributed by atoms with Gasteiger partial charge in [0.25, 0.3) is 0 Å². The van der Waals surface area contributed by atoms with Crippen LogP contribution in [-0.2, 0) is 16.7 Å². The van der Waals surface area contributed by atoms with Gasteiger partial charge in [0.05, 0.1) is 17.8 Å². The Morgan fingerprint density at radius 2 is 2.15 bits per heavy atom. The molecule has 10 heteroatoms. The predicted octanol–water partition coefficient (Wildman–Crippen LogP) is 4.32. The van der Waals surface area contributed by atoms with Crippen molar-refractivity contribution in [2.75, 3.05) is 12.9 Å². The maximum absolute atomic E-state index is 15.1. The molecule has 2 aromatic rings. The van der Waals surface area contributed by atoms with E-state index >= 15 is 4.39 Å². The molecule has 1 fully saturated rings. The fourth-order valence-corrected chi connectivity index (χ4v) is 5.63. The Balaban J connectivity index is 1.60. The van der Waals surface area contributed by atoms with Gasteiger partial charge >= 0.3 is 6.61 Å². The number of amidine groups is 1. The molecule has 1 aliphatic heterocycles. The van der Waals surface area contributed by atoms with Crippen LogP contribution >= 0.6 is 11.8 Å². The SMILES string of the molecule is CO[C@@H]1CC[C@]2(c3cc(CC(=O)c4ccc(OC(F)F)cn4)ccc3F)N=C(N)SC[C@@H]2C1. The van der Waals surface area contributed by atoms with E-state index in [-0.39, 0.29) is 41.5 Å². The van der Waals surface area contributed by atoms with Gasteiger partial charge in [0.2, 0.25) is 0 Å². The summed E-state index contributed by atoms with van der Waals surface area (Å²) >= 11 is 1.46. The Morgan fingerprint density at radius 1 is 1.33 bits per heavy atom. The van der Waals surface area contributed by atoms with Crippen molar-refractivity contribution in [1.82, 2.24) is 4.98 Å². The highest BCUT2D eigenvalue weighted by Crippen LogP contribution is 2.50. The first-order valence-corrected chi connectivity index (χ1v) is 11.5. The number of Topliss-reactive ketones (excluding diaryl/α,β-unsaturated/α-hetero) is 1. The van der Waals surface area contributed by atoms with Gasteiger partial charge in [-0.05, 0) is 49.1 Å². The van der Waals surface area contributed by atoms with Gasteiger partial charge < -0.3 is 15.2 Å². The molecule has 0 unspecified atom stereocenters. The lowest BCUT2D eigenvalue weighted by atomic mass is 9.68. The standard InChI is InChI=1S/C23H24F3N3O3S/c1-31-15-6-7-23(14(10-15)12-33-22(27)29-23)17-8-13(2-4-18(17)24)9-20(30)19-5-3-16(11-28-19)32-21(25)26/h2-5,8,11,14-15,21H,6-7,9-10,12H2,1H3,(H2,27,29)/t14-,15+,23-/m0/s1. The highest BCUT2D eigenvalue weighted by Gasteiger charge is 2.48. The summed E-state index contributed by atoms with van der Waals surface area (Å²) in [6.07, 6.45) is 3.22. The molecule has 1 saturated carbocycles. The summed E-state index contributed by atoms with van der Waals surface area (Å²) in [6.45, 7) is -2.97. The molecule has 0 bridgehead atoms. The highest BCUT2D eigenvalue weighted by atomic mass is 32.2. The first-order valence-electron chi connectivity index (χ1n) is 10.5. The van der Waals surface area contributed by atoms with Gasteiger partial charge in [-0.2, -0.15) is 8.78 Å². The fourth-order valence-electron chi connectivity index (χ4n) is 4.62. The van der Waals surface area contributed by atoms with Gasteiger partial charge in [0.15, 0.2) is 11.0 Å². The Morgan fingerprint density at radius 3 is 2.85 bits per heavy atom. The maximum atomic E-state index is 15.1. The third-order valence-electron chi connectivity index (χ3n) is 6.25. The molecular weight excluding hydrogens is 455 g/mol. The number of nitrogens with zero attached hydrogens (tertiary/aromatic N) is 2. The minimum Gasteiger partial charge on any atom is -0.433 e. The first-order chi connectivity index (χ1) is 15.8. The monoisotopic (exact) mass is 479 g/mol. The third kappa shape index (κ3) is 5.01. The minimum absolute atomic E-state index is 0.0231. The van der Waals surface area contributed by atoms with E-state index < -0.39 is 12.2 Å². The van der Waals surface area contributed by atoms with E-state index in [1.54, 1.807) is 19.2 Å². The van der Waals surface area contributed by atoms with Crippen LogP contribution in [0.15, 0.2) is 41.5 Å². The minimum atomic E-state index is -2.97. The molecule has 1 aromatic carbocycles. The fraction of sp³-hybridized carbons (Fsp3) is 0.435. The van der Waals surface area contributed by atoms with Gasteiger partial charge in [-0.3, -0.25) is 9.79 Å². The summed E-state index contributed by atoms with van der Waals surface area (Å²) in [6, 6.07) is 7.19. The molecule has 2 N–H and O–H groups in total. The lowest BCUT2D eigenvalue weighted by Crippen LogP contribution is -2.46. The summed E-state index contributed by atoms with van der Waals surface area (Å²) < 4.78 is 49.5. The van der Waals surface area contributed by atoms with Crippen LogP contribution in [0.5, 0.6) is 5.75 Å².